The molecular formula is C12H15ClN2O2. The third-order valence-electron chi connectivity index (χ3n) is 2.76. The van der Waals surface area contributed by atoms with Crippen LogP contribution in [0.15, 0.2) is 18.2 Å². The molecule has 1 fully saturated rings. The van der Waals surface area contributed by atoms with Gasteiger partial charge in [-0.2, -0.15) is 0 Å². The van der Waals surface area contributed by atoms with E-state index in [4.69, 9.17) is 22.1 Å². The molecule has 1 aromatic carbocycles. The minimum absolute atomic E-state index is 0.147. The summed E-state index contributed by atoms with van der Waals surface area (Å²) in [7, 11) is 0. The standard InChI is InChI=1S/C12H15ClN2O2/c13-10-3-9(4-11(14)5-10)12(16)15-6-8-1-2-17-7-8/h3-5,8H,1-2,6-7,14H2,(H,15,16). The second-order valence-electron chi connectivity index (χ2n) is 4.21. The molecule has 0 spiro atoms. The van der Waals surface area contributed by atoms with Gasteiger partial charge in [-0.15, -0.1) is 0 Å². The zero-order chi connectivity index (χ0) is 12.3. The van der Waals surface area contributed by atoms with Crippen molar-refractivity contribution >= 4 is 23.2 Å². The van der Waals surface area contributed by atoms with E-state index in [1.165, 1.54) is 0 Å². The third kappa shape index (κ3) is 3.35. The SMILES string of the molecule is Nc1cc(Cl)cc(C(=O)NCC2CCOC2)c1. The van der Waals surface area contributed by atoms with E-state index in [1.807, 2.05) is 0 Å². The summed E-state index contributed by atoms with van der Waals surface area (Å²) >= 11 is 5.84. The van der Waals surface area contributed by atoms with E-state index in [0.717, 1.165) is 19.6 Å². The molecule has 4 nitrogen and oxygen atoms in total. The molecular weight excluding hydrogens is 240 g/mol. The molecule has 92 valence electrons. The third-order valence-corrected chi connectivity index (χ3v) is 2.98. The van der Waals surface area contributed by atoms with Crippen molar-refractivity contribution in [1.82, 2.24) is 5.32 Å². The van der Waals surface area contributed by atoms with Crippen molar-refractivity contribution in [3.8, 4) is 0 Å². The van der Waals surface area contributed by atoms with Crippen LogP contribution in [0.25, 0.3) is 0 Å². The highest BCUT2D eigenvalue weighted by molar-refractivity contribution is 6.31. The Morgan fingerprint density at radius 3 is 3.00 bits per heavy atom. The fraction of sp³-hybridized carbons (Fsp3) is 0.417. The molecule has 1 aromatic rings. The molecule has 1 atom stereocenters. The minimum Gasteiger partial charge on any atom is -0.399 e. The van der Waals surface area contributed by atoms with Crippen LogP contribution in [0.4, 0.5) is 5.69 Å². The Labute approximate surface area is 105 Å². The van der Waals surface area contributed by atoms with Gasteiger partial charge in [-0.25, -0.2) is 0 Å². The average molecular weight is 255 g/mol. The largest absolute Gasteiger partial charge is 0.399 e. The summed E-state index contributed by atoms with van der Waals surface area (Å²) in [6, 6.07) is 4.84. The van der Waals surface area contributed by atoms with E-state index < -0.39 is 0 Å². The van der Waals surface area contributed by atoms with Crippen molar-refractivity contribution in [1.29, 1.82) is 0 Å². The lowest BCUT2D eigenvalue weighted by atomic mass is 10.1. The second-order valence-corrected chi connectivity index (χ2v) is 4.65. The van der Waals surface area contributed by atoms with Gasteiger partial charge in [0.1, 0.15) is 0 Å². The molecule has 0 radical (unpaired) electrons. The van der Waals surface area contributed by atoms with Gasteiger partial charge in [0.15, 0.2) is 0 Å². The molecule has 0 aromatic heterocycles. The minimum atomic E-state index is -0.147. The van der Waals surface area contributed by atoms with Gasteiger partial charge in [0, 0.05) is 35.3 Å². The summed E-state index contributed by atoms with van der Waals surface area (Å²) in [6.07, 6.45) is 0.998. The maximum atomic E-state index is 11.8. The first-order valence-corrected chi connectivity index (χ1v) is 5.95. The molecule has 0 saturated carbocycles. The Morgan fingerprint density at radius 2 is 2.35 bits per heavy atom. The topological polar surface area (TPSA) is 64.4 Å². The summed E-state index contributed by atoms with van der Waals surface area (Å²) in [5.74, 6) is 0.265. The van der Waals surface area contributed by atoms with Gasteiger partial charge in [0.05, 0.1) is 6.61 Å². The smallest absolute Gasteiger partial charge is 0.251 e. The Hall–Kier alpha value is -1.26. The molecule has 5 heteroatoms. The quantitative estimate of drug-likeness (QED) is 0.807. The van der Waals surface area contributed by atoms with Crippen molar-refractivity contribution in [3.05, 3.63) is 28.8 Å². The molecule has 0 bridgehead atoms. The van der Waals surface area contributed by atoms with Crippen LogP contribution in [0.2, 0.25) is 5.02 Å². The molecule has 3 N–H and O–H groups in total. The summed E-state index contributed by atoms with van der Waals surface area (Å²) in [4.78, 5) is 11.8. The van der Waals surface area contributed by atoms with E-state index >= 15 is 0 Å². The lowest BCUT2D eigenvalue weighted by Gasteiger charge is -2.10. The molecule has 0 aliphatic carbocycles. The zero-order valence-electron chi connectivity index (χ0n) is 9.41. The summed E-state index contributed by atoms with van der Waals surface area (Å²) < 4.78 is 5.24. The van der Waals surface area contributed by atoms with Crippen LogP contribution in [0.1, 0.15) is 16.8 Å². The number of nitrogens with two attached hydrogens (primary N) is 1. The lowest BCUT2D eigenvalue weighted by Crippen LogP contribution is -2.29. The number of carbonyl (C=O) groups is 1. The van der Waals surface area contributed by atoms with Crippen LogP contribution in [-0.4, -0.2) is 25.7 Å². The van der Waals surface area contributed by atoms with Gasteiger partial charge in [-0.3, -0.25) is 4.79 Å². The molecule has 1 heterocycles. The molecule has 1 aliphatic rings. The van der Waals surface area contributed by atoms with Crippen LogP contribution >= 0.6 is 11.6 Å². The summed E-state index contributed by atoms with van der Waals surface area (Å²) in [5, 5.41) is 3.33. The molecule has 17 heavy (non-hydrogen) atoms. The first-order chi connectivity index (χ1) is 8.15. The second kappa shape index (κ2) is 5.38. The Bertz CT molecular complexity index is 397. The van der Waals surface area contributed by atoms with Gasteiger partial charge in [0.25, 0.3) is 5.91 Å². The summed E-state index contributed by atoms with van der Waals surface area (Å²) in [6.45, 7) is 2.13. The zero-order valence-corrected chi connectivity index (χ0v) is 10.2. The van der Waals surface area contributed by atoms with Gasteiger partial charge >= 0.3 is 0 Å². The van der Waals surface area contributed by atoms with Gasteiger partial charge < -0.3 is 15.8 Å². The highest BCUT2D eigenvalue weighted by atomic mass is 35.5. The first-order valence-electron chi connectivity index (χ1n) is 5.57. The van der Waals surface area contributed by atoms with E-state index in [2.05, 4.69) is 5.32 Å². The number of ether oxygens (including phenoxy) is 1. The fourth-order valence-electron chi connectivity index (χ4n) is 1.83. The van der Waals surface area contributed by atoms with E-state index in [9.17, 15) is 4.79 Å². The van der Waals surface area contributed by atoms with Crippen LogP contribution in [0, 0.1) is 5.92 Å². The predicted molar refractivity (Wildman–Crippen MR) is 67.1 cm³/mol. The van der Waals surface area contributed by atoms with Gasteiger partial charge in [-0.05, 0) is 24.6 Å². The number of benzene rings is 1. The predicted octanol–water partition coefficient (Wildman–Crippen LogP) is 1.69. The normalized spacial score (nSPS) is 19.2. The number of nitrogen functional groups attached to an aromatic ring is 1. The Kier molecular flexibility index (Phi) is 3.86. The first kappa shape index (κ1) is 12.2. The van der Waals surface area contributed by atoms with Crippen LogP contribution in [0.5, 0.6) is 0 Å². The number of rotatable bonds is 3. The number of halogens is 1. The molecule has 1 amide bonds. The van der Waals surface area contributed by atoms with Crippen LogP contribution in [-0.2, 0) is 4.74 Å². The van der Waals surface area contributed by atoms with Crippen molar-refractivity contribution in [2.45, 2.75) is 6.42 Å². The number of nitrogens with one attached hydrogen (secondary N) is 1. The van der Waals surface area contributed by atoms with Crippen molar-refractivity contribution in [2.24, 2.45) is 5.92 Å². The maximum Gasteiger partial charge on any atom is 0.251 e. The number of carbonyl (C=O) groups excluding carboxylic acids is 1. The maximum absolute atomic E-state index is 11.8. The number of amides is 1. The molecule has 1 unspecified atom stereocenters. The molecule has 1 saturated heterocycles. The average Bonchev–Trinajstić information content (AvgIpc) is 2.77. The van der Waals surface area contributed by atoms with E-state index in [0.29, 0.717) is 28.7 Å². The van der Waals surface area contributed by atoms with Crippen molar-refractivity contribution < 1.29 is 9.53 Å². The molecule has 2 rings (SSSR count). The van der Waals surface area contributed by atoms with Gasteiger partial charge in [0.2, 0.25) is 0 Å². The van der Waals surface area contributed by atoms with E-state index in [-0.39, 0.29) is 5.91 Å². The highest BCUT2D eigenvalue weighted by Gasteiger charge is 2.16. The lowest BCUT2D eigenvalue weighted by molar-refractivity contribution is 0.0945. The monoisotopic (exact) mass is 254 g/mol. The van der Waals surface area contributed by atoms with Crippen LogP contribution < -0.4 is 11.1 Å². The van der Waals surface area contributed by atoms with Crippen LogP contribution in [0.3, 0.4) is 0 Å². The fourth-order valence-corrected chi connectivity index (χ4v) is 2.07. The number of hydrogen-bond acceptors (Lipinski definition) is 3. The van der Waals surface area contributed by atoms with Crippen molar-refractivity contribution in [3.63, 3.8) is 0 Å². The number of anilines is 1. The van der Waals surface area contributed by atoms with Gasteiger partial charge in [-0.1, -0.05) is 11.6 Å². The Balaban J connectivity index is 1.94. The summed E-state index contributed by atoms with van der Waals surface area (Å²) in [5.41, 5.74) is 6.62. The highest BCUT2D eigenvalue weighted by Crippen LogP contribution is 2.17. The number of hydrogen-bond donors (Lipinski definition) is 2. The van der Waals surface area contributed by atoms with E-state index in [1.54, 1.807) is 18.2 Å². The van der Waals surface area contributed by atoms with Crippen molar-refractivity contribution in [2.75, 3.05) is 25.5 Å². The molecule has 1 aliphatic heterocycles. The Morgan fingerprint density at radius 1 is 1.53 bits per heavy atom.